The second kappa shape index (κ2) is 5.46. The van der Waals surface area contributed by atoms with Crippen molar-refractivity contribution in [2.45, 2.75) is 5.25 Å². The van der Waals surface area contributed by atoms with Crippen LogP contribution in [-0.2, 0) is 0 Å². The van der Waals surface area contributed by atoms with Crippen LogP contribution in [0.15, 0.2) is 48.5 Å². The summed E-state index contributed by atoms with van der Waals surface area (Å²) in [6, 6.07) is 14.6. The molecule has 0 saturated heterocycles. The molecule has 0 aromatic heterocycles. The number of amides is 1. The second-order valence-corrected chi connectivity index (χ2v) is 4.89. The molecule has 2 rings (SSSR count). The van der Waals surface area contributed by atoms with Crippen LogP contribution in [0.2, 0.25) is 5.02 Å². The third-order valence-electron chi connectivity index (χ3n) is 2.70. The zero-order valence-corrected chi connectivity index (χ0v) is 11.2. The zero-order valence-electron chi connectivity index (χ0n) is 9.51. The Kier molecular flexibility index (Phi) is 3.94. The van der Waals surface area contributed by atoms with Gasteiger partial charge in [-0.15, -0.1) is 0 Å². The Bertz CT molecular complexity index is 551. The summed E-state index contributed by atoms with van der Waals surface area (Å²) in [5.41, 5.74) is 7.75. The van der Waals surface area contributed by atoms with Crippen LogP contribution in [0.3, 0.4) is 0 Å². The zero-order chi connectivity index (χ0) is 13.1. The van der Waals surface area contributed by atoms with Crippen molar-refractivity contribution in [3.05, 3.63) is 70.2 Å². The number of thiol groups is 1. The molecule has 0 aliphatic heterocycles. The van der Waals surface area contributed by atoms with Crippen molar-refractivity contribution >= 4 is 30.1 Å². The summed E-state index contributed by atoms with van der Waals surface area (Å²) in [6.07, 6.45) is 0. The van der Waals surface area contributed by atoms with Crippen molar-refractivity contribution in [2.24, 2.45) is 5.73 Å². The molecule has 2 aromatic rings. The summed E-state index contributed by atoms with van der Waals surface area (Å²) in [5.74, 6) is -0.427. The monoisotopic (exact) mass is 277 g/mol. The molecule has 1 atom stereocenters. The quantitative estimate of drug-likeness (QED) is 0.829. The average Bonchev–Trinajstić information content (AvgIpc) is 2.39. The maximum atomic E-state index is 11.0. The number of primary amides is 1. The summed E-state index contributed by atoms with van der Waals surface area (Å²) >= 11 is 10.4. The largest absolute Gasteiger partial charge is 0.366 e. The van der Waals surface area contributed by atoms with E-state index in [1.54, 1.807) is 12.1 Å². The van der Waals surface area contributed by atoms with E-state index < -0.39 is 5.91 Å². The Morgan fingerprint density at radius 1 is 1.00 bits per heavy atom. The van der Waals surface area contributed by atoms with E-state index in [2.05, 4.69) is 12.6 Å². The molecular weight excluding hydrogens is 266 g/mol. The van der Waals surface area contributed by atoms with Gasteiger partial charge in [0.15, 0.2) is 0 Å². The first-order chi connectivity index (χ1) is 8.58. The number of rotatable bonds is 3. The average molecular weight is 278 g/mol. The van der Waals surface area contributed by atoms with Crippen molar-refractivity contribution in [1.82, 2.24) is 0 Å². The lowest BCUT2D eigenvalue weighted by Crippen LogP contribution is -2.10. The van der Waals surface area contributed by atoms with E-state index in [-0.39, 0.29) is 5.25 Å². The lowest BCUT2D eigenvalue weighted by molar-refractivity contribution is 0.100. The topological polar surface area (TPSA) is 43.1 Å². The molecule has 2 aromatic carbocycles. The molecule has 1 amide bonds. The van der Waals surface area contributed by atoms with Gasteiger partial charge in [-0.25, -0.2) is 0 Å². The molecule has 18 heavy (non-hydrogen) atoms. The molecule has 0 radical (unpaired) electrons. The lowest BCUT2D eigenvalue weighted by atomic mass is 10.0. The first-order valence-corrected chi connectivity index (χ1v) is 6.30. The Morgan fingerprint density at radius 3 is 1.89 bits per heavy atom. The summed E-state index contributed by atoms with van der Waals surface area (Å²) in [7, 11) is 0. The van der Waals surface area contributed by atoms with Crippen LogP contribution in [-0.4, -0.2) is 5.91 Å². The van der Waals surface area contributed by atoms with Gasteiger partial charge < -0.3 is 5.73 Å². The van der Waals surface area contributed by atoms with Crippen molar-refractivity contribution in [2.75, 3.05) is 0 Å². The van der Waals surface area contributed by atoms with Crippen molar-refractivity contribution in [1.29, 1.82) is 0 Å². The first kappa shape index (κ1) is 13.0. The molecule has 2 N–H and O–H groups in total. The summed E-state index contributed by atoms with van der Waals surface area (Å²) in [5, 5.41) is 0.646. The number of hydrogen-bond donors (Lipinski definition) is 2. The van der Waals surface area contributed by atoms with Crippen LogP contribution in [0.25, 0.3) is 0 Å². The number of hydrogen-bond acceptors (Lipinski definition) is 2. The molecule has 0 bridgehead atoms. The third-order valence-corrected chi connectivity index (χ3v) is 3.54. The molecule has 1 unspecified atom stereocenters. The van der Waals surface area contributed by atoms with E-state index in [0.717, 1.165) is 11.1 Å². The highest BCUT2D eigenvalue weighted by molar-refractivity contribution is 7.80. The van der Waals surface area contributed by atoms with Gasteiger partial charge in [0.2, 0.25) is 5.91 Å². The Balaban J connectivity index is 2.25. The predicted octanol–water partition coefficient (Wildman–Crippen LogP) is 3.46. The molecule has 4 heteroatoms. The van der Waals surface area contributed by atoms with Crippen molar-refractivity contribution < 1.29 is 4.79 Å². The SMILES string of the molecule is NC(=O)c1ccc(C(S)c2ccc(Cl)cc2)cc1. The van der Waals surface area contributed by atoms with Crippen LogP contribution in [0.1, 0.15) is 26.7 Å². The highest BCUT2D eigenvalue weighted by Crippen LogP contribution is 2.29. The molecule has 0 aliphatic carbocycles. The van der Waals surface area contributed by atoms with Crippen LogP contribution < -0.4 is 5.73 Å². The van der Waals surface area contributed by atoms with Gasteiger partial charge in [0.25, 0.3) is 0 Å². The van der Waals surface area contributed by atoms with Gasteiger partial charge in [0.05, 0.1) is 5.25 Å². The summed E-state index contributed by atoms with van der Waals surface area (Å²) in [6.45, 7) is 0. The fraction of sp³-hybridized carbons (Fsp3) is 0.0714. The van der Waals surface area contributed by atoms with E-state index in [1.807, 2.05) is 36.4 Å². The predicted molar refractivity (Wildman–Crippen MR) is 77.2 cm³/mol. The van der Waals surface area contributed by atoms with Gasteiger partial charge in [0.1, 0.15) is 0 Å². The van der Waals surface area contributed by atoms with Crippen LogP contribution >= 0.6 is 24.2 Å². The van der Waals surface area contributed by atoms with Crippen molar-refractivity contribution in [3.8, 4) is 0 Å². The molecule has 0 spiro atoms. The standard InChI is InChI=1S/C14H12ClNOS/c15-12-7-5-10(6-8-12)13(18)9-1-3-11(4-2-9)14(16)17/h1-8,13,18H,(H2,16,17). The molecule has 0 heterocycles. The van der Waals surface area contributed by atoms with Crippen LogP contribution in [0.5, 0.6) is 0 Å². The Labute approximate surface area is 116 Å². The highest BCUT2D eigenvalue weighted by atomic mass is 35.5. The minimum absolute atomic E-state index is 0.0517. The normalized spacial score (nSPS) is 12.1. The highest BCUT2D eigenvalue weighted by Gasteiger charge is 2.09. The number of carbonyl (C=O) groups is 1. The van der Waals surface area contributed by atoms with Crippen LogP contribution in [0, 0.1) is 0 Å². The number of benzene rings is 2. The van der Waals surface area contributed by atoms with Crippen LogP contribution in [0.4, 0.5) is 0 Å². The molecular formula is C14H12ClNOS. The number of carbonyl (C=O) groups excluding carboxylic acids is 1. The molecule has 2 nitrogen and oxygen atoms in total. The Morgan fingerprint density at radius 2 is 1.44 bits per heavy atom. The maximum absolute atomic E-state index is 11.0. The summed E-state index contributed by atoms with van der Waals surface area (Å²) in [4.78, 5) is 11.0. The van der Waals surface area contributed by atoms with Gasteiger partial charge in [-0.05, 0) is 35.4 Å². The summed E-state index contributed by atoms with van der Waals surface area (Å²) < 4.78 is 0. The molecule has 0 fully saturated rings. The van der Waals surface area contributed by atoms with E-state index >= 15 is 0 Å². The van der Waals surface area contributed by atoms with Gasteiger partial charge in [-0.1, -0.05) is 35.9 Å². The molecule has 0 aliphatic rings. The first-order valence-electron chi connectivity index (χ1n) is 5.41. The fourth-order valence-electron chi connectivity index (χ4n) is 1.67. The van der Waals surface area contributed by atoms with E-state index in [9.17, 15) is 4.79 Å². The van der Waals surface area contributed by atoms with Gasteiger partial charge in [-0.3, -0.25) is 4.79 Å². The van der Waals surface area contributed by atoms with E-state index in [0.29, 0.717) is 10.6 Å². The number of halogens is 1. The van der Waals surface area contributed by atoms with E-state index in [4.69, 9.17) is 17.3 Å². The van der Waals surface area contributed by atoms with Gasteiger partial charge in [-0.2, -0.15) is 12.6 Å². The minimum Gasteiger partial charge on any atom is -0.366 e. The Hall–Kier alpha value is -1.45. The van der Waals surface area contributed by atoms with Crippen molar-refractivity contribution in [3.63, 3.8) is 0 Å². The maximum Gasteiger partial charge on any atom is 0.248 e. The van der Waals surface area contributed by atoms with Gasteiger partial charge >= 0.3 is 0 Å². The molecule has 0 saturated carbocycles. The minimum atomic E-state index is -0.427. The third kappa shape index (κ3) is 2.86. The number of nitrogens with two attached hydrogens (primary N) is 1. The lowest BCUT2D eigenvalue weighted by Gasteiger charge is -2.12. The van der Waals surface area contributed by atoms with Gasteiger partial charge in [0, 0.05) is 10.6 Å². The fourth-order valence-corrected chi connectivity index (χ4v) is 2.14. The van der Waals surface area contributed by atoms with E-state index in [1.165, 1.54) is 0 Å². The molecule has 92 valence electrons. The second-order valence-electron chi connectivity index (χ2n) is 3.94. The smallest absolute Gasteiger partial charge is 0.248 e.